The Morgan fingerprint density at radius 2 is 2.04 bits per heavy atom. The van der Waals surface area contributed by atoms with Gasteiger partial charge >= 0.3 is 5.97 Å². The summed E-state index contributed by atoms with van der Waals surface area (Å²) in [5.41, 5.74) is 0.188. The second-order valence-corrected chi connectivity index (χ2v) is 6.29. The third kappa shape index (κ3) is 3.89. The average Bonchev–Trinajstić information content (AvgIpc) is 3.03. The normalized spacial score (nSPS) is 13.5. The summed E-state index contributed by atoms with van der Waals surface area (Å²) < 4.78 is 4.94. The first kappa shape index (κ1) is 17.9. The van der Waals surface area contributed by atoms with Crippen LogP contribution in [0.1, 0.15) is 29.6 Å². The van der Waals surface area contributed by atoms with Crippen LogP contribution in [0.25, 0.3) is 6.08 Å². The maximum Gasteiger partial charge on any atom is 0.336 e. The number of nitrogens with zero attached hydrogens (tertiary/aromatic N) is 1. The number of ether oxygens (including phenoxy) is 1. The first-order valence-corrected chi connectivity index (χ1v) is 8.46. The van der Waals surface area contributed by atoms with Crippen molar-refractivity contribution in [2.75, 3.05) is 7.11 Å². The number of nitrogens with one attached hydrogen (secondary N) is 1. The van der Waals surface area contributed by atoms with Crippen molar-refractivity contribution in [2.45, 2.75) is 25.8 Å². The van der Waals surface area contributed by atoms with Gasteiger partial charge in [0.25, 0.3) is 0 Å². The number of hydrogen-bond donors (Lipinski definition) is 1. The quantitative estimate of drug-likeness (QED) is 0.646. The lowest BCUT2D eigenvalue weighted by Gasteiger charge is -2.31. The molecule has 0 unspecified atom stereocenters. The number of amides is 1. The van der Waals surface area contributed by atoms with Gasteiger partial charge in [-0.3, -0.25) is 4.79 Å². The van der Waals surface area contributed by atoms with E-state index in [0.29, 0.717) is 17.7 Å². The van der Waals surface area contributed by atoms with E-state index < -0.39 is 11.5 Å². The van der Waals surface area contributed by atoms with Gasteiger partial charge in [0.05, 0.1) is 17.8 Å². The maximum atomic E-state index is 12.4. The standard InChI is InChI=1S/C18H20N2O3S/c1-4-18(17(22)23-3,14-8-6-5-7-9-14)20-16(21)11-10-15-12-24-13(2)19-15/h5-12H,4H2,1-3H3,(H,20,21)/b11-10-/t18-/m0/s1. The van der Waals surface area contributed by atoms with Crippen LogP contribution in [-0.4, -0.2) is 24.0 Å². The Bertz CT molecular complexity index is 740. The van der Waals surface area contributed by atoms with E-state index in [1.165, 1.54) is 24.5 Å². The van der Waals surface area contributed by atoms with E-state index in [1.54, 1.807) is 18.2 Å². The molecule has 0 radical (unpaired) electrons. The summed E-state index contributed by atoms with van der Waals surface area (Å²) >= 11 is 1.51. The number of aryl methyl sites for hydroxylation is 1. The molecule has 24 heavy (non-hydrogen) atoms. The first-order chi connectivity index (χ1) is 11.5. The molecule has 1 atom stereocenters. The third-order valence-corrected chi connectivity index (χ3v) is 4.50. The summed E-state index contributed by atoms with van der Waals surface area (Å²) in [6.45, 7) is 3.73. The largest absolute Gasteiger partial charge is 0.467 e. The lowest BCUT2D eigenvalue weighted by atomic mass is 9.87. The Morgan fingerprint density at radius 1 is 1.33 bits per heavy atom. The van der Waals surface area contributed by atoms with Crippen LogP contribution in [0.15, 0.2) is 41.8 Å². The number of rotatable bonds is 6. The summed E-state index contributed by atoms with van der Waals surface area (Å²) in [6.07, 6.45) is 3.38. The lowest BCUT2D eigenvalue weighted by molar-refractivity contribution is -0.151. The van der Waals surface area contributed by atoms with Gasteiger partial charge in [0.15, 0.2) is 5.54 Å². The van der Waals surface area contributed by atoms with Crippen LogP contribution in [0.5, 0.6) is 0 Å². The molecule has 0 saturated carbocycles. The third-order valence-electron chi connectivity index (χ3n) is 3.71. The number of thiazole rings is 1. The van der Waals surface area contributed by atoms with Crippen LogP contribution in [-0.2, 0) is 19.9 Å². The minimum atomic E-state index is -1.21. The number of esters is 1. The molecule has 0 aliphatic heterocycles. The Labute approximate surface area is 145 Å². The summed E-state index contributed by atoms with van der Waals surface area (Å²) in [5, 5.41) is 5.59. The molecule has 1 aromatic heterocycles. The highest BCUT2D eigenvalue weighted by Gasteiger charge is 2.40. The van der Waals surface area contributed by atoms with Crippen LogP contribution in [0.4, 0.5) is 0 Å². The molecule has 2 aromatic rings. The highest BCUT2D eigenvalue weighted by atomic mass is 32.1. The van der Waals surface area contributed by atoms with Crippen molar-refractivity contribution >= 4 is 29.3 Å². The average molecular weight is 344 g/mol. The molecule has 1 heterocycles. The second kappa shape index (κ2) is 7.88. The SMILES string of the molecule is CC[C@@](NC(=O)/C=C\c1csc(C)n1)(C(=O)OC)c1ccccc1. The Balaban J connectivity index is 2.26. The number of hydrogen-bond acceptors (Lipinski definition) is 5. The van der Waals surface area contributed by atoms with Gasteiger partial charge in [-0.1, -0.05) is 37.3 Å². The number of carbonyl (C=O) groups is 2. The smallest absolute Gasteiger partial charge is 0.336 e. The first-order valence-electron chi connectivity index (χ1n) is 7.58. The fourth-order valence-corrected chi connectivity index (χ4v) is 3.03. The highest BCUT2D eigenvalue weighted by molar-refractivity contribution is 7.09. The molecule has 0 fully saturated rings. The molecule has 0 saturated heterocycles. The Kier molecular flexibility index (Phi) is 5.87. The zero-order valence-corrected chi connectivity index (χ0v) is 14.7. The van der Waals surface area contributed by atoms with Gasteiger partial charge in [-0.25, -0.2) is 9.78 Å². The lowest BCUT2D eigenvalue weighted by Crippen LogP contribution is -2.51. The topological polar surface area (TPSA) is 68.3 Å². The molecule has 0 spiro atoms. The van der Waals surface area contributed by atoms with Crippen molar-refractivity contribution < 1.29 is 14.3 Å². The van der Waals surface area contributed by atoms with Crippen LogP contribution < -0.4 is 5.32 Å². The van der Waals surface area contributed by atoms with Gasteiger partial charge in [-0.15, -0.1) is 11.3 Å². The number of aromatic nitrogens is 1. The highest BCUT2D eigenvalue weighted by Crippen LogP contribution is 2.26. The van der Waals surface area contributed by atoms with Gasteiger partial charge < -0.3 is 10.1 Å². The monoisotopic (exact) mass is 344 g/mol. The molecule has 1 N–H and O–H groups in total. The van der Waals surface area contributed by atoms with Crippen LogP contribution in [0, 0.1) is 6.92 Å². The zero-order valence-electron chi connectivity index (χ0n) is 13.9. The van der Waals surface area contributed by atoms with Crippen molar-refractivity contribution in [3.8, 4) is 0 Å². The van der Waals surface area contributed by atoms with E-state index >= 15 is 0 Å². The summed E-state index contributed by atoms with van der Waals surface area (Å²) in [6, 6.07) is 9.10. The predicted molar refractivity (Wildman–Crippen MR) is 94.5 cm³/mol. The Morgan fingerprint density at radius 3 is 2.58 bits per heavy atom. The van der Waals surface area contributed by atoms with Crippen molar-refractivity contribution in [3.05, 3.63) is 58.1 Å². The second-order valence-electron chi connectivity index (χ2n) is 5.23. The maximum absolute atomic E-state index is 12.4. The van der Waals surface area contributed by atoms with E-state index in [0.717, 1.165) is 5.01 Å². The minimum Gasteiger partial charge on any atom is -0.467 e. The summed E-state index contributed by atoms with van der Waals surface area (Å²) in [7, 11) is 1.32. The molecule has 6 heteroatoms. The van der Waals surface area contributed by atoms with E-state index in [1.807, 2.05) is 37.4 Å². The molecule has 0 bridgehead atoms. The van der Waals surface area contributed by atoms with E-state index in [4.69, 9.17) is 4.74 Å². The van der Waals surface area contributed by atoms with E-state index in [-0.39, 0.29) is 5.91 Å². The molecule has 1 aromatic carbocycles. The van der Waals surface area contributed by atoms with Gasteiger partial charge in [-0.05, 0) is 25.0 Å². The fraction of sp³-hybridized carbons (Fsp3) is 0.278. The molecule has 0 aliphatic rings. The molecule has 126 valence electrons. The fourth-order valence-electron chi connectivity index (χ4n) is 2.44. The molecular weight excluding hydrogens is 324 g/mol. The van der Waals surface area contributed by atoms with E-state index in [9.17, 15) is 9.59 Å². The van der Waals surface area contributed by atoms with Gasteiger partial charge in [0.2, 0.25) is 5.91 Å². The number of carbonyl (C=O) groups excluding carboxylic acids is 2. The van der Waals surface area contributed by atoms with Crippen LogP contribution in [0.2, 0.25) is 0 Å². The number of benzene rings is 1. The molecule has 0 aliphatic carbocycles. The van der Waals surface area contributed by atoms with Crippen molar-refractivity contribution in [1.82, 2.24) is 10.3 Å². The Hall–Kier alpha value is -2.47. The van der Waals surface area contributed by atoms with E-state index in [2.05, 4.69) is 10.3 Å². The van der Waals surface area contributed by atoms with Gasteiger partial charge in [-0.2, -0.15) is 0 Å². The minimum absolute atomic E-state index is 0.374. The predicted octanol–water partition coefficient (Wildman–Crippen LogP) is 3.06. The molecule has 1 amide bonds. The van der Waals surface area contributed by atoms with Crippen LogP contribution in [0.3, 0.4) is 0 Å². The summed E-state index contributed by atoms with van der Waals surface area (Å²) in [5.74, 6) is -0.876. The molecular formula is C18H20N2O3S. The molecule has 5 nitrogen and oxygen atoms in total. The summed E-state index contributed by atoms with van der Waals surface area (Å²) in [4.78, 5) is 29.0. The van der Waals surface area contributed by atoms with Crippen molar-refractivity contribution in [1.29, 1.82) is 0 Å². The van der Waals surface area contributed by atoms with Gasteiger partial charge in [0, 0.05) is 11.5 Å². The molecule has 2 rings (SSSR count). The van der Waals surface area contributed by atoms with Crippen LogP contribution >= 0.6 is 11.3 Å². The zero-order chi connectivity index (χ0) is 17.6. The van der Waals surface area contributed by atoms with Crippen molar-refractivity contribution in [3.63, 3.8) is 0 Å². The van der Waals surface area contributed by atoms with Crippen molar-refractivity contribution in [2.24, 2.45) is 0 Å². The van der Waals surface area contributed by atoms with Gasteiger partial charge in [0.1, 0.15) is 0 Å². The number of methoxy groups -OCH3 is 1.